The van der Waals surface area contributed by atoms with Gasteiger partial charge < -0.3 is 19.7 Å². The monoisotopic (exact) mass is 455 g/mol. The van der Waals surface area contributed by atoms with Gasteiger partial charge in [0.2, 0.25) is 5.91 Å². The van der Waals surface area contributed by atoms with E-state index >= 15 is 0 Å². The van der Waals surface area contributed by atoms with Gasteiger partial charge in [-0.25, -0.2) is 4.79 Å². The quantitative estimate of drug-likeness (QED) is 0.442. The van der Waals surface area contributed by atoms with Crippen LogP contribution in [0.3, 0.4) is 0 Å². The molecule has 0 fully saturated rings. The zero-order valence-electron chi connectivity index (χ0n) is 18.9. The second-order valence-corrected chi connectivity index (χ2v) is 8.16. The average molecular weight is 456 g/mol. The van der Waals surface area contributed by atoms with Crippen molar-refractivity contribution in [3.05, 3.63) is 42.2 Å². The number of ether oxygens (including phenoxy) is 2. The van der Waals surface area contributed by atoms with Gasteiger partial charge in [0.25, 0.3) is 0 Å². The van der Waals surface area contributed by atoms with Crippen molar-refractivity contribution < 1.29 is 19.1 Å². The number of carbonyl (C=O) groups is 2. The molecule has 1 aromatic carbocycles. The predicted molar refractivity (Wildman–Crippen MR) is 129 cm³/mol. The summed E-state index contributed by atoms with van der Waals surface area (Å²) < 4.78 is 12.4. The molecule has 0 aliphatic rings. The SMILES string of the molecule is CCOC(=O)c1c(NC(C)=O)sc2c(OCCN(CC)CC)c(-c3ccncc3)ccc12. The molecule has 0 atom stereocenters. The zero-order valence-corrected chi connectivity index (χ0v) is 19.8. The van der Waals surface area contributed by atoms with E-state index in [1.165, 1.54) is 18.3 Å². The number of likely N-dealkylation sites (N-methyl/N-ethyl adjacent to an activating group) is 1. The first-order valence-electron chi connectivity index (χ1n) is 10.8. The van der Waals surface area contributed by atoms with E-state index < -0.39 is 5.97 Å². The van der Waals surface area contributed by atoms with Crippen molar-refractivity contribution in [2.75, 3.05) is 38.2 Å². The largest absolute Gasteiger partial charge is 0.490 e. The number of anilines is 1. The van der Waals surface area contributed by atoms with E-state index in [1.54, 1.807) is 19.3 Å². The third-order valence-corrected chi connectivity index (χ3v) is 6.24. The van der Waals surface area contributed by atoms with Crippen LogP contribution in [0.5, 0.6) is 5.75 Å². The van der Waals surface area contributed by atoms with Gasteiger partial charge in [-0.2, -0.15) is 0 Å². The summed E-state index contributed by atoms with van der Waals surface area (Å²) in [6.07, 6.45) is 3.47. The fourth-order valence-corrected chi connectivity index (χ4v) is 4.74. The summed E-state index contributed by atoms with van der Waals surface area (Å²) in [4.78, 5) is 31.0. The smallest absolute Gasteiger partial charge is 0.341 e. The molecule has 3 rings (SSSR count). The number of thiophene rings is 1. The molecule has 1 N–H and O–H groups in total. The Kier molecular flexibility index (Phi) is 8.19. The van der Waals surface area contributed by atoms with E-state index in [4.69, 9.17) is 9.47 Å². The summed E-state index contributed by atoms with van der Waals surface area (Å²) in [5, 5.41) is 3.95. The highest BCUT2D eigenvalue weighted by Gasteiger charge is 2.25. The van der Waals surface area contributed by atoms with Crippen LogP contribution in [0.4, 0.5) is 5.00 Å². The molecule has 32 heavy (non-hydrogen) atoms. The molecule has 1 amide bonds. The molecule has 0 saturated carbocycles. The lowest BCUT2D eigenvalue weighted by atomic mass is 10.0. The first-order valence-corrected chi connectivity index (χ1v) is 11.6. The minimum atomic E-state index is -0.465. The molecule has 7 nitrogen and oxygen atoms in total. The first kappa shape index (κ1) is 23.7. The van der Waals surface area contributed by atoms with Gasteiger partial charge in [-0.1, -0.05) is 19.9 Å². The van der Waals surface area contributed by atoms with E-state index in [0.717, 1.165) is 35.5 Å². The van der Waals surface area contributed by atoms with E-state index in [2.05, 4.69) is 29.0 Å². The number of fused-ring (bicyclic) bond motifs is 1. The predicted octanol–water partition coefficient (Wildman–Crippen LogP) is 4.82. The summed E-state index contributed by atoms with van der Waals surface area (Å²) in [5.74, 6) is -0.0262. The maximum atomic E-state index is 12.7. The number of hydrogen-bond donors (Lipinski definition) is 1. The number of pyridine rings is 1. The van der Waals surface area contributed by atoms with Crippen LogP contribution in [0.25, 0.3) is 21.2 Å². The number of nitrogens with zero attached hydrogens (tertiary/aromatic N) is 2. The third-order valence-electron chi connectivity index (χ3n) is 5.12. The molecule has 0 aliphatic carbocycles. The van der Waals surface area contributed by atoms with E-state index in [0.29, 0.717) is 28.3 Å². The van der Waals surface area contributed by atoms with Crippen LogP contribution in [0.2, 0.25) is 0 Å². The number of amides is 1. The number of carbonyl (C=O) groups excluding carboxylic acids is 2. The standard InChI is InChI=1S/C24H29N3O4S/c1-5-27(6-2)14-15-31-21-18(17-10-12-25-13-11-17)8-9-19-20(24(29)30-7-3)23(26-16(4)28)32-22(19)21/h8-13H,5-7,14-15H2,1-4H3,(H,26,28). The molecule has 0 unspecified atom stereocenters. The minimum absolute atomic E-state index is 0.248. The van der Waals surface area contributed by atoms with Gasteiger partial charge in [-0.3, -0.25) is 9.78 Å². The van der Waals surface area contributed by atoms with Crippen LogP contribution in [0.1, 0.15) is 38.1 Å². The Morgan fingerprint density at radius 1 is 1.09 bits per heavy atom. The Morgan fingerprint density at radius 2 is 1.81 bits per heavy atom. The van der Waals surface area contributed by atoms with Gasteiger partial charge in [-0.15, -0.1) is 11.3 Å². The normalized spacial score (nSPS) is 11.0. The summed E-state index contributed by atoms with van der Waals surface area (Å²) in [7, 11) is 0. The summed E-state index contributed by atoms with van der Waals surface area (Å²) in [5.41, 5.74) is 2.23. The number of esters is 1. The highest BCUT2D eigenvalue weighted by Crippen LogP contribution is 2.45. The Labute approximate surface area is 192 Å². The highest BCUT2D eigenvalue weighted by molar-refractivity contribution is 7.24. The molecular weight excluding hydrogens is 426 g/mol. The molecule has 8 heteroatoms. The lowest BCUT2D eigenvalue weighted by molar-refractivity contribution is -0.114. The maximum Gasteiger partial charge on any atom is 0.341 e. The number of nitrogens with one attached hydrogen (secondary N) is 1. The highest BCUT2D eigenvalue weighted by atomic mass is 32.1. The maximum absolute atomic E-state index is 12.7. The fourth-order valence-electron chi connectivity index (χ4n) is 3.51. The molecule has 2 aromatic heterocycles. The third kappa shape index (κ3) is 5.26. The minimum Gasteiger partial charge on any atom is -0.490 e. The van der Waals surface area contributed by atoms with Crippen molar-refractivity contribution in [2.24, 2.45) is 0 Å². The van der Waals surface area contributed by atoms with Crippen LogP contribution < -0.4 is 10.1 Å². The second-order valence-electron chi connectivity index (χ2n) is 7.14. The van der Waals surface area contributed by atoms with Crippen LogP contribution >= 0.6 is 11.3 Å². The number of aromatic nitrogens is 1. The Bertz CT molecular complexity index is 1080. The van der Waals surface area contributed by atoms with Crippen molar-refractivity contribution in [1.82, 2.24) is 9.88 Å². The molecule has 0 radical (unpaired) electrons. The van der Waals surface area contributed by atoms with E-state index in [-0.39, 0.29) is 12.5 Å². The van der Waals surface area contributed by atoms with Crippen molar-refractivity contribution in [1.29, 1.82) is 0 Å². The Hall–Kier alpha value is -2.97. The van der Waals surface area contributed by atoms with Crippen LogP contribution in [-0.2, 0) is 9.53 Å². The van der Waals surface area contributed by atoms with Gasteiger partial charge in [-0.05, 0) is 43.8 Å². The summed E-state index contributed by atoms with van der Waals surface area (Å²) >= 11 is 1.33. The van der Waals surface area contributed by atoms with Crippen molar-refractivity contribution in [3.8, 4) is 16.9 Å². The zero-order chi connectivity index (χ0) is 23.1. The number of benzene rings is 1. The molecule has 170 valence electrons. The van der Waals surface area contributed by atoms with Gasteiger partial charge in [0.1, 0.15) is 22.9 Å². The van der Waals surface area contributed by atoms with E-state index in [1.807, 2.05) is 24.3 Å². The lowest BCUT2D eigenvalue weighted by Crippen LogP contribution is -2.28. The molecule has 0 saturated heterocycles. The van der Waals surface area contributed by atoms with Crippen molar-refractivity contribution in [3.63, 3.8) is 0 Å². The van der Waals surface area contributed by atoms with Gasteiger partial charge in [0.15, 0.2) is 0 Å². The molecule has 0 bridgehead atoms. The molecule has 0 aliphatic heterocycles. The summed E-state index contributed by atoms with van der Waals surface area (Å²) in [6, 6.07) is 7.67. The Morgan fingerprint density at radius 3 is 2.44 bits per heavy atom. The molecule has 2 heterocycles. The number of hydrogen-bond acceptors (Lipinski definition) is 7. The van der Waals surface area contributed by atoms with E-state index in [9.17, 15) is 9.59 Å². The summed E-state index contributed by atoms with van der Waals surface area (Å²) in [6.45, 7) is 10.8. The average Bonchev–Trinajstić information content (AvgIpc) is 3.15. The van der Waals surface area contributed by atoms with Gasteiger partial charge >= 0.3 is 5.97 Å². The topological polar surface area (TPSA) is 80.8 Å². The Balaban J connectivity index is 2.15. The van der Waals surface area contributed by atoms with Crippen molar-refractivity contribution >= 4 is 38.3 Å². The molecule has 3 aromatic rings. The number of rotatable bonds is 10. The van der Waals surface area contributed by atoms with Gasteiger partial charge in [0, 0.05) is 36.8 Å². The lowest BCUT2D eigenvalue weighted by Gasteiger charge is -2.19. The van der Waals surface area contributed by atoms with Crippen LogP contribution in [0, 0.1) is 0 Å². The molecule has 0 spiro atoms. The second kappa shape index (κ2) is 11.1. The van der Waals surface area contributed by atoms with Crippen LogP contribution in [-0.4, -0.2) is 54.6 Å². The molecular formula is C24H29N3O4S. The van der Waals surface area contributed by atoms with Gasteiger partial charge in [0.05, 0.1) is 11.3 Å². The van der Waals surface area contributed by atoms with Crippen LogP contribution in [0.15, 0.2) is 36.7 Å². The van der Waals surface area contributed by atoms with Crippen molar-refractivity contribution in [2.45, 2.75) is 27.7 Å². The fraction of sp³-hybridized carbons (Fsp3) is 0.375. The first-order chi connectivity index (χ1) is 15.5.